The quantitative estimate of drug-likeness (QED) is 0.761. The first-order valence-corrected chi connectivity index (χ1v) is 6.00. The molecule has 96 valence electrons. The molecule has 0 saturated carbocycles. The maximum absolute atomic E-state index is 5.56. The minimum atomic E-state index is 0.116. The van der Waals surface area contributed by atoms with E-state index in [1.54, 1.807) is 17.0 Å². The number of hydrogen-bond acceptors (Lipinski definition) is 6. The predicted octanol–water partition coefficient (Wildman–Crippen LogP) is 0.954. The number of rotatable bonds is 5. The maximum Gasteiger partial charge on any atom is 0.241 e. The molecule has 0 aliphatic carbocycles. The average molecular weight is 247 g/mol. The zero-order chi connectivity index (χ0) is 13.0. The lowest BCUT2D eigenvalue weighted by molar-refractivity contribution is 0.680. The highest BCUT2D eigenvalue weighted by Gasteiger charge is 2.09. The van der Waals surface area contributed by atoms with Crippen molar-refractivity contribution < 1.29 is 0 Å². The van der Waals surface area contributed by atoms with Crippen molar-refractivity contribution in [2.45, 2.75) is 32.6 Å². The molecule has 0 bridgehead atoms. The van der Waals surface area contributed by atoms with Crippen LogP contribution in [0.3, 0.4) is 0 Å². The standard InChI is InChI=1S/C11H17N7/c1-2-3-4-5-8-14-6-7-18(8)11-16-9(12)15-10(13)17-11/h6-7H,2-5H2,1H3,(H4,12,13,15,16,17). The van der Waals surface area contributed by atoms with Gasteiger partial charge >= 0.3 is 0 Å². The van der Waals surface area contributed by atoms with Gasteiger partial charge in [0.25, 0.3) is 0 Å². The van der Waals surface area contributed by atoms with E-state index in [2.05, 4.69) is 26.9 Å². The van der Waals surface area contributed by atoms with Crippen LogP contribution in [0.25, 0.3) is 5.95 Å². The Labute approximate surface area is 105 Å². The van der Waals surface area contributed by atoms with Gasteiger partial charge in [0.1, 0.15) is 5.82 Å². The van der Waals surface area contributed by atoms with Crippen LogP contribution >= 0.6 is 0 Å². The third-order valence-corrected chi connectivity index (χ3v) is 2.59. The molecule has 7 nitrogen and oxygen atoms in total. The Bertz CT molecular complexity index is 500. The lowest BCUT2D eigenvalue weighted by Crippen LogP contribution is -2.10. The molecule has 0 spiro atoms. The number of unbranched alkanes of at least 4 members (excludes halogenated alkanes) is 2. The lowest BCUT2D eigenvalue weighted by Gasteiger charge is -2.06. The fraction of sp³-hybridized carbons (Fsp3) is 0.455. The van der Waals surface area contributed by atoms with Gasteiger partial charge in [-0.2, -0.15) is 15.0 Å². The molecule has 0 unspecified atom stereocenters. The highest BCUT2D eigenvalue weighted by molar-refractivity contribution is 5.31. The van der Waals surface area contributed by atoms with E-state index in [0.29, 0.717) is 5.95 Å². The first kappa shape index (κ1) is 12.3. The summed E-state index contributed by atoms with van der Waals surface area (Å²) >= 11 is 0. The lowest BCUT2D eigenvalue weighted by atomic mass is 10.2. The van der Waals surface area contributed by atoms with Crippen molar-refractivity contribution in [1.29, 1.82) is 0 Å². The zero-order valence-electron chi connectivity index (χ0n) is 10.4. The number of hydrogen-bond donors (Lipinski definition) is 2. The first-order valence-electron chi connectivity index (χ1n) is 6.00. The number of nitrogen functional groups attached to an aromatic ring is 2. The smallest absolute Gasteiger partial charge is 0.241 e. The third-order valence-electron chi connectivity index (χ3n) is 2.59. The van der Waals surface area contributed by atoms with Gasteiger partial charge in [0.2, 0.25) is 17.8 Å². The minimum absolute atomic E-state index is 0.116. The van der Waals surface area contributed by atoms with Crippen LogP contribution in [0.5, 0.6) is 0 Å². The summed E-state index contributed by atoms with van der Waals surface area (Å²) in [7, 11) is 0. The van der Waals surface area contributed by atoms with Gasteiger partial charge in [-0.3, -0.25) is 4.57 Å². The maximum atomic E-state index is 5.56. The largest absolute Gasteiger partial charge is 0.368 e. The topological polar surface area (TPSA) is 109 Å². The Morgan fingerprint density at radius 1 is 1.11 bits per heavy atom. The van der Waals surface area contributed by atoms with E-state index >= 15 is 0 Å². The van der Waals surface area contributed by atoms with Crippen LogP contribution < -0.4 is 11.5 Å². The zero-order valence-corrected chi connectivity index (χ0v) is 10.4. The number of anilines is 2. The molecule has 0 saturated heterocycles. The predicted molar refractivity (Wildman–Crippen MR) is 69.0 cm³/mol. The summed E-state index contributed by atoms with van der Waals surface area (Å²) in [5.74, 6) is 1.56. The van der Waals surface area contributed by atoms with Crippen molar-refractivity contribution in [3.8, 4) is 5.95 Å². The van der Waals surface area contributed by atoms with Gasteiger partial charge < -0.3 is 11.5 Å². The number of aryl methyl sites for hydroxylation is 1. The first-order chi connectivity index (χ1) is 8.70. The number of nitrogens with zero attached hydrogens (tertiary/aromatic N) is 5. The second-order valence-corrected chi connectivity index (χ2v) is 4.02. The Kier molecular flexibility index (Phi) is 3.71. The van der Waals surface area contributed by atoms with Crippen LogP contribution in [0.2, 0.25) is 0 Å². The normalized spacial score (nSPS) is 10.7. The van der Waals surface area contributed by atoms with Gasteiger partial charge in [-0.25, -0.2) is 4.98 Å². The van der Waals surface area contributed by atoms with E-state index in [9.17, 15) is 0 Å². The average Bonchev–Trinajstić information content (AvgIpc) is 2.76. The second kappa shape index (κ2) is 5.44. The van der Waals surface area contributed by atoms with E-state index < -0.39 is 0 Å². The number of aromatic nitrogens is 5. The third kappa shape index (κ3) is 2.73. The van der Waals surface area contributed by atoms with Crippen molar-refractivity contribution in [2.75, 3.05) is 11.5 Å². The van der Waals surface area contributed by atoms with Gasteiger partial charge in [-0.15, -0.1) is 0 Å². The molecule has 2 aromatic heterocycles. The molecule has 2 heterocycles. The van der Waals surface area contributed by atoms with Gasteiger partial charge in [0.05, 0.1) is 0 Å². The Morgan fingerprint density at radius 3 is 2.50 bits per heavy atom. The van der Waals surface area contributed by atoms with Gasteiger partial charge in [0, 0.05) is 18.8 Å². The van der Waals surface area contributed by atoms with Crippen LogP contribution in [0.1, 0.15) is 32.0 Å². The molecule has 7 heteroatoms. The number of nitrogens with two attached hydrogens (primary N) is 2. The van der Waals surface area contributed by atoms with Gasteiger partial charge in [-0.1, -0.05) is 19.8 Å². The summed E-state index contributed by atoms with van der Waals surface area (Å²) in [5, 5.41) is 0. The van der Waals surface area contributed by atoms with Crippen LogP contribution in [0.15, 0.2) is 12.4 Å². The van der Waals surface area contributed by atoms with Crippen LogP contribution in [-0.2, 0) is 6.42 Å². The van der Waals surface area contributed by atoms with Crippen molar-refractivity contribution >= 4 is 11.9 Å². The Balaban J connectivity index is 2.24. The van der Waals surface area contributed by atoms with Crippen LogP contribution in [0.4, 0.5) is 11.9 Å². The summed E-state index contributed by atoms with van der Waals surface area (Å²) in [4.78, 5) is 16.2. The Morgan fingerprint density at radius 2 is 1.83 bits per heavy atom. The second-order valence-electron chi connectivity index (χ2n) is 4.02. The van der Waals surface area contributed by atoms with E-state index in [0.717, 1.165) is 18.7 Å². The molecule has 0 amide bonds. The molecule has 0 atom stereocenters. The van der Waals surface area contributed by atoms with Crippen molar-refractivity contribution in [1.82, 2.24) is 24.5 Å². The van der Waals surface area contributed by atoms with Crippen molar-refractivity contribution in [3.05, 3.63) is 18.2 Å². The molecule has 18 heavy (non-hydrogen) atoms. The molecule has 2 rings (SSSR count). The van der Waals surface area contributed by atoms with Crippen molar-refractivity contribution in [3.63, 3.8) is 0 Å². The van der Waals surface area contributed by atoms with E-state index in [1.807, 2.05) is 0 Å². The SMILES string of the molecule is CCCCCc1nccn1-c1nc(N)nc(N)n1. The van der Waals surface area contributed by atoms with E-state index in [-0.39, 0.29) is 11.9 Å². The summed E-state index contributed by atoms with van der Waals surface area (Å²) in [6.07, 6.45) is 7.84. The monoisotopic (exact) mass is 247 g/mol. The highest BCUT2D eigenvalue weighted by atomic mass is 15.3. The molecular weight excluding hydrogens is 230 g/mol. The highest BCUT2D eigenvalue weighted by Crippen LogP contribution is 2.11. The summed E-state index contributed by atoms with van der Waals surface area (Å²) in [6, 6.07) is 0. The molecule has 2 aromatic rings. The molecule has 0 fully saturated rings. The van der Waals surface area contributed by atoms with E-state index in [1.165, 1.54) is 12.8 Å². The number of imidazole rings is 1. The molecule has 4 N–H and O–H groups in total. The molecule has 0 aromatic carbocycles. The van der Waals surface area contributed by atoms with Crippen molar-refractivity contribution in [2.24, 2.45) is 0 Å². The molecule has 0 radical (unpaired) electrons. The van der Waals surface area contributed by atoms with Gasteiger partial charge in [-0.05, 0) is 6.42 Å². The molecular formula is C11H17N7. The van der Waals surface area contributed by atoms with E-state index in [4.69, 9.17) is 11.5 Å². The molecule has 0 aliphatic rings. The fourth-order valence-corrected chi connectivity index (χ4v) is 1.74. The van der Waals surface area contributed by atoms with Crippen LogP contribution in [0, 0.1) is 0 Å². The minimum Gasteiger partial charge on any atom is -0.368 e. The molecule has 0 aliphatic heterocycles. The van der Waals surface area contributed by atoms with Gasteiger partial charge in [0.15, 0.2) is 0 Å². The summed E-state index contributed by atoms with van der Waals surface area (Å²) in [6.45, 7) is 2.17. The summed E-state index contributed by atoms with van der Waals surface area (Å²) in [5.41, 5.74) is 11.1. The van der Waals surface area contributed by atoms with Crippen LogP contribution in [-0.4, -0.2) is 24.5 Å². The summed E-state index contributed by atoms with van der Waals surface area (Å²) < 4.78 is 1.80. The Hall–Kier alpha value is -2.18. The fourth-order valence-electron chi connectivity index (χ4n) is 1.74.